The van der Waals surface area contributed by atoms with E-state index in [1.54, 1.807) is 18.4 Å². The Hall–Kier alpha value is -1.48. The number of nitrogens with zero attached hydrogens (tertiary/aromatic N) is 1. The molecule has 0 saturated heterocycles. The monoisotopic (exact) mass is 374 g/mol. The Morgan fingerprint density at radius 3 is 2.65 bits per heavy atom. The van der Waals surface area contributed by atoms with E-state index in [-0.39, 0.29) is 30.8 Å². The highest BCUT2D eigenvalue weighted by Crippen LogP contribution is 2.34. The lowest BCUT2D eigenvalue weighted by Crippen LogP contribution is -2.24. The predicted molar refractivity (Wildman–Crippen MR) is 97.5 cm³/mol. The number of aryl methyl sites for hydroxylation is 1. The molecule has 23 heavy (non-hydrogen) atoms. The van der Waals surface area contributed by atoms with Crippen LogP contribution in [0.5, 0.6) is 0 Å². The van der Waals surface area contributed by atoms with Gasteiger partial charge in [0.15, 0.2) is 5.13 Å². The van der Waals surface area contributed by atoms with Crippen LogP contribution < -0.4 is 16.0 Å². The average molecular weight is 375 g/mol. The second kappa shape index (κ2) is 8.97. The molecule has 0 bridgehead atoms. The lowest BCUT2D eigenvalue weighted by Gasteiger charge is -1.99. The number of nitrogens with one attached hydrogen (secondary N) is 3. The van der Waals surface area contributed by atoms with E-state index in [0.29, 0.717) is 11.7 Å². The smallest absolute Gasteiger partial charge is 0.240 e. The summed E-state index contributed by atoms with van der Waals surface area (Å²) in [6.07, 6.45) is 0. The largest absolute Gasteiger partial charge is 0.351 e. The first-order chi connectivity index (χ1) is 10.5. The highest BCUT2D eigenvalue weighted by molar-refractivity contribution is 7.18. The Morgan fingerprint density at radius 1 is 1.26 bits per heavy atom. The summed E-state index contributed by atoms with van der Waals surface area (Å²) in [5.41, 5.74) is 0.879. The fraction of sp³-hybridized carbons (Fsp3) is 0.357. The van der Waals surface area contributed by atoms with E-state index in [1.807, 2.05) is 19.1 Å². The third-order valence-corrected chi connectivity index (χ3v) is 4.77. The van der Waals surface area contributed by atoms with E-state index in [1.165, 1.54) is 18.3 Å². The van der Waals surface area contributed by atoms with Crippen LogP contribution in [0.1, 0.15) is 16.7 Å². The number of amides is 2. The third kappa shape index (κ3) is 5.58. The van der Waals surface area contributed by atoms with Gasteiger partial charge < -0.3 is 16.0 Å². The number of anilines is 1. The van der Waals surface area contributed by atoms with Crippen molar-refractivity contribution in [2.75, 3.05) is 18.9 Å². The van der Waals surface area contributed by atoms with Gasteiger partial charge in [-0.05, 0) is 26.1 Å². The summed E-state index contributed by atoms with van der Waals surface area (Å²) in [5, 5.41) is 8.95. The van der Waals surface area contributed by atoms with Crippen LogP contribution in [0.15, 0.2) is 12.1 Å². The first-order valence-corrected chi connectivity index (χ1v) is 8.38. The van der Waals surface area contributed by atoms with Crippen molar-refractivity contribution in [3.05, 3.63) is 21.9 Å². The van der Waals surface area contributed by atoms with Crippen molar-refractivity contribution >= 4 is 52.0 Å². The molecule has 0 aliphatic heterocycles. The van der Waals surface area contributed by atoms with Crippen LogP contribution in [0.4, 0.5) is 5.13 Å². The minimum atomic E-state index is -0.111. The molecule has 0 fully saturated rings. The van der Waals surface area contributed by atoms with E-state index in [9.17, 15) is 9.59 Å². The number of carbonyl (C=O) groups excluding carboxylic acids is 2. The van der Waals surface area contributed by atoms with Crippen molar-refractivity contribution < 1.29 is 9.59 Å². The summed E-state index contributed by atoms with van der Waals surface area (Å²) in [6, 6.07) is 3.97. The van der Waals surface area contributed by atoms with Gasteiger partial charge in [-0.2, -0.15) is 0 Å². The molecular weight excluding hydrogens is 356 g/mol. The van der Waals surface area contributed by atoms with Crippen molar-refractivity contribution in [2.24, 2.45) is 0 Å². The Bertz CT molecular complexity index is 684. The van der Waals surface area contributed by atoms with Crippen molar-refractivity contribution in [1.29, 1.82) is 0 Å². The summed E-state index contributed by atoms with van der Waals surface area (Å²) in [6.45, 7) is 4.26. The second-order valence-corrected chi connectivity index (χ2v) is 7.05. The van der Waals surface area contributed by atoms with E-state index in [0.717, 1.165) is 20.3 Å². The number of aromatic nitrogens is 1. The number of halogens is 1. The summed E-state index contributed by atoms with van der Waals surface area (Å²) >= 11 is 3.05. The maximum atomic E-state index is 11.6. The van der Waals surface area contributed by atoms with E-state index in [2.05, 4.69) is 20.9 Å². The van der Waals surface area contributed by atoms with Crippen LogP contribution >= 0.6 is 35.1 Å². The summed E-state index contributed by atoms with van der Waals surface area (Å²) in [5.74, 6) is -0.158. The zero-order valence-corrected chi connectivity index (χ0v) is 15.5. The van der Waals surface area contributed by atoms with Gasteiger partial charge in [-0.15, -0.1) is 35.1 Å². The number of hydrogen-bond donors (Lipinski definition) is 3. The molecule has 0 unspecified atom stereocenters. The van der Waals surface area contributed by atoms with Gasteiger partial charge in [-0.25, -0.2) is 4.98 Å². The highest BCUT2D eigenvalue weighted by Gasteiger charge is 2.13. The molecule has 2 heterocycles. The van der Waals surface area contributed by atoms with Gasteiger partial charge in [0.05, 0.1) is 23.7 Å². The number of hydrogen-bond acceptors (Lipinski definition) is 6. The minimum absolute atomic E-state index is 0. The van der Waals surface area contributed by atoms with Crippen LogP contribution in [-0.4, -0.2) is 30.4 Å². The molecule has 6 nitrogen and oxygen atoms in total. The van der Waals surface area contributed by atoms with Crippen molar-refractivity contribution in [3.63, 3.8) is 0 Å². The van der Waals surface area contributed by atoms with Gasteiger partial charge in [-0.3, -0.25) is 9.59 Å². The zero-order chi connectivity index (χ0) is 16.1. The van der Waals surface area contributed by atoms with Gasteiger partial charge in [0.25, 0.3) is 0 Å². The first-order valence-electron chi connectivity index (χ1n) is 6.75. The quantitative estimate of drug-likeness (QED) is 0.725. The molecule has 3 N–H and O–H groups in total. The molecule has 0 atom stereocenters. The molecule has 9 heteroatoms. The topological polar surface area (TPSA) is 83.1 Å². The molecule has 0 aromatic carbocycles. The summed E-state index contributed by atoms with van der Waals surface area (Å²) in [7, 11) is 1.72. The Labute approximate surface area is 149 Å². The fourth-order valence-electron chi connectivity index (χ4n) is 1.81. The molecule has 2 rings (SSSR count). The lowest BCUT2D eigenvalue weighted by atomic mass is 10.3. The van der Waals surface area contributed by atoms with Crippen molar-refractivity contribution in [2.45, 2.75) is 20.4 Å². The molecule has 0 spiro atoms. The molecule has 2 amide bonds. The van der Waals surface area contributed by atoms with Gasteiger partial charge >= 0.3 is 0 Å². The molecule has 0 aliphatic rings. The SMILES string of the molecule is CNCC(=O)Nc1nc(-c2ccc(CNC(C)=O)s2)c(C)s1.Cl. The van der Waals surface area contributed by atoms with Gasteiger partial charge in [0.1, 0.15) is 0 Å². The molecule has 0 saturated carbocycles. The second-order valence-electron chi connectivity index (χ2n) is 4.68. The zero-order valence-electron chi connectivity index (χ0n) is 13.1. The van der Waals surface area contributed by atoms with Crippen LogP contribution in [0.3, 0.4) is 0 Å². The van der Waals surface area contributed by atoms with Crippen molar-refractivity contribution in [3.8, 4) is 10.6 Å². The first kappa shape index (κ1) is 19.6. The van der Waals surface area contributed by atoms with Crippen LogP contribution in [0.25, 0.3) is 10.6 Å². The molecule has 2 aromatic heterocycles. The Balaban J connectivity index is 0.00000264. The molecular formula is C14H19ClN4O2S2. The normalized spacial score (nSPS) is 10.0. The van der Waals surface area contributed by atoms with Gasteiger partial charge in [0.2, 0.25) is 11.8 Å². The minimum Gasteiger partial charge on any atom is -0.351 e. The summed E-state index contributed by atoms with van der Waals surface area (Å²) in [4.78, 5) is 30.2. The standard InChI is InChI=1S/C14H18N4O2S2.ClH/c1-8-13(18-14(21-8)17-12(20)7-15-3)11-5-4-10(22-11)6-16-9(2)19;/h4-5,15H,6-7H2,1-3H3,(H,16,19)(H,17,18,20);1H. The number of thiophene rings is 1. The van der Waals surface area contributed by atoms with Gasteiger partial charge in [0, 0.05) is 16.7 Å². The highest BCUT2D eigenvalue weighted by atomic mass is 35.5. The van der Waals surface area contributed by atoms with Crippen molar-refractivity contribution in [1.82, 2.24) is 15.6 Å². The predicted octanol–water partition coefficient (Wildman–Crippen LogP) is 2.40. The third-order valence-electron chi connectivity index (χ3n) is 2.79. The number of thiazole rings is 1. The fourth-order valence-corrected chi connectivity index (χ4v) is 3.72. The van der Waals surface area contributed by atoms with E-state index in [4.69, 9.17) is 0 Å². The molecule has 2 aromatic rings. The van der Waals surface area contributed by atoms with E-state index >= 15 is 0 Å². The van der Waals surface area contributed by atoms with Crippen LogP contribution in [-0.2, 0) is 16.1 Å². The maximum absolute atomic E-state index is 11.6. The van der Waals surface area contributed by atoms with Gasteiger partial charge in [-0.1, -0.05) is 0 Å². The molecule has 126 valence electrons. The van der Waals surface area contributed by atoms with Crippen LogP contribution in [0.2, 0.25) is 0 Å². The average Bonchev–Trinajstić information content (AvgIpc) is 3.03. The Kier molecular flexibility index (Phi) is 7.63. The molecule has 0 radical (unpaired) electrons. The number of likely N-dealkylation sites (N-methyl/N-ethyl adjacent to an activating group) is 1. The van der Waals surface area contributed by atoms with Crippen LogP contribution in [0, 0.1) is 6.92 Å². The molecule has 0 aliphatic carbocycles. The maximum Gasteiger partial charge on any atom is 0.240 e. The van der Waals surface area contributed by atoms with E-state index < -0.39 is 0 Å². The number of carbonyl (C=O) groups is 2. The number of rotatable bonds is 6. The Morgan fingerprint density at radius 2 is 2.00 bits per heavy atom. The summed E-state index contributed by atoms with van der Waals surface area (Å²) < 4.78 is 0. The lowest BCUT2D eigenvalue weighted by molar-refractivity contribution is -0.119.